The van der Waals surface area contributed by atoms with Gasteiger partial charge in [-0.15, -0.1) is 0 Å². The highest BCUT2D eigenvalue weighted by Crippen LogP contribution is 2.28. The van der Waals surface area contributed by atoms with Crippen molar-refractivity contribution in [3.05, 3.63) is 67.0 Å². The number of aromatic nitrogens is 2. The molecule has 1 saturated heterocycles. The largest absolute Gasteiger partial charge is 0.373 e. The third kappa shape index (κ3) is 4.96. The summed E-state index contributed by atoms with van der Waals surface area (Å²) in [5, 5.41) is 17.6. The molecule has 2 aromatic heterocycles. The first-order valence-corrected chi connectivity index (χ1v) is 10.5. The monoisotopic (exact) mass is 417 g/mol. The first kappa shape index (κ1) is 21.1. The second kappa shape index (κ2) is 9.34. The third-order valence-corrected chi connectivity index (χ3v) is 5.64. The summed E-state index contributed by atoms with van der Waals surface area (Å²) in [6.45, 7) is 5.55. The molecule has 1 unspecified atom stereocenters. The molecule has 1 amide bonds. The van der Waals surface area contributed by atoms with E-state index in [0.29, 0.717) is 11.4 Å². The Balaban J connectivity index is 1.58. The van der Waals surface area contributed by atoms with E-state index in [0.717, 1.165) is 48.1 Å². The lowest BCUT2D eigenvalue weighted by atomic mass is 10.0. The fourth-order valence-corrected chi connectivity index (χ4v) is 3.85. The van der Waals surface area contributed by atoms with Crippen molar-refractivity contribution in [2.24, 2.45) is 0 Å². The van der Waals surface area contributed by atoms with Crippen molar-refractivity contribution in [3.63, 3.8) is 0 Å². The number of anilines is 1. The maximum Gasteiger partial charge on any atom is 0.247 e. The predicted octanol–water partition coefficient (Wildman–Crippen LogP) is 3.10. The van der Waals surface area contributed by atoms with Crippen LogP contribution in [0.2, 0.25) is 0 Å². The molecule has 7 nitrogen and oxygen atoms in total. The van der Waals surface area contributed by atoms with E-state index in [9.17, 15) is 9.90 Å². The van der Waals surface area contributed by atoms with Crippen LogP contribution < -0.4 is 10.6 Å². The maximum atomic E-state index is 11.8. The van der Waals surface area contributed by atoms with Crippen LogP contribution in [0.15, 0.2) is 61.3 Å². The van der Waals surface area contributed by atoms with Gasteiger partial charge in [0, 0.05) is 23.2 Å². The molecule has 0 aliphatic carbocycles. The minimum Gasteiger partial charge on any atom is -0.373 e. The number of piperidine rings is 1. The molecular weight excluding hydrogens is 390 g/mol. The van der Waals surface area contributed by atoms with Crippen LogP contribution in [0.25, 0.3) is 22.2 Å². The van der Waals surface area contributed by atoms with Gasteiger partial charge in [0.25, 0.3) is 0 Å². The number of aliphatic hydroxyl groups is 1. The van der Waals surface area contributed by atoms with E-state index in [-0.39, 0.29) is 11.9 Å². The Hall–Kier alpha value is -3.13. The van der Waals surface area contributed by atoms with E-state index >= 15 is 0 Å². The number of hydrogen-bond donors (Lipinski definition) is 3. The number of likely N-dealkylation sites (tertiary alicyclic amines) is 1. The standard InChI is InChI=1S/C24H27N5O2/c1-3-23(30)28-21-9-12-25-20-8-7-16(15-18(20)21)19-5-4-6-22(27-19)24(31)26-17-10-13-29(2)14-11-17/h3-9,12,15,17,24,26,31H,1,10-11,13-14H2,2H3,(H,25,28,30). The van der Waals surface area contributed by atoms with E-state index in [4.69, 9.17) is 4.98 Å². The molecule has 0 radical (unpaired) electrons. The number of carbonyl (C=O) groups is 1. The number of benzene rings is 1. The first-order chi connectivity index (χ1) is 15.0. The molecule has 3 N–H and O–H groups in total. The highest BCUT2D eigenvalue weighted by molar-refractivity contribution is 6.05. The molecule has 7 heteroatoms. The van der Waals surface area contributed by atoms with Gasteiger partial charge in [-0.3, -0.25) is 15.1 Å². The van der Waals surface area contributed by atoms with Crippen molar-refractivity contribution < 1.29 is 9.90 Å². The molecule has 3 heterocycles. The molecular formula is C24H27N5O2. The van der Waals surface area contributed by atoms with Gasteiger partial charge in [-0.1, -0.05) is 18.7 Å². The third-order valence-electron chi connectivity index (χ3n) is 5.64. The van der Waals surface area contributed by atoms with Gasteiger partial charge in [-0.2, -0.15) is 0 Å². The topological polar surface area (TPSA) is 90.4 Å². The number of aliphatic hydroxyl groups excluding tert-OH is 1. The van der Waals surface area contributed by atoms with Gasteiger partial charge >= 0.3 is 0 Å². The second-order valence-corrected chi connectivity index (χ2v) is 7.88. The first-order valence-electron chi connectivity index (χ1n) is 10.5. The van der Waals surface area contributed by atoms with E-state index in [2.05, 4.69) is 34.1 Å². The summed E-state index contributed by atoms with van der Waals surface area (Å²) in [5.41, 5.74) is 3.64. The molecule has 1 aliphatic heterocycles. The molecule has 0 saturated carbocycles. The van der Waals surface area contributed by atoms with Crippen LogP contribution in [0.3, 0.4) is 0 Å². The van der Waals surface area contributed by atoms with E-state index < -0.39 is 6.23 Å². The average molecular weight is 418 g/mol. The van der Waals surface area contributed by atoms with Gasteiger partial charge in [-0.25, -0.2) is 4.98 Å². The fraction of sp³-hybridized carbons (Fsp3) is 0.292. The average Bonchev–Trinajstić information content (AvgIpc) is 2.80. The molecule has 160 valence electrons. The van der Waals surface area contributed by atoms with Crippen molar-refractivity contribution >= 4 is 22.5 Å². The summed E-state index contributed by atoms with van der Waals surface area (Å²) in [4.78, 5) is 23.1. The Morgan fingerprint density at radius 3 is 2.84 bits per heavy atom. The maximum absolute atomic E-state index is 11.8. The molecule has 1 aromatic carbocycles. The normalized spacial score (nSPS) is 16.2. The van der Waals surface area contributed by atoms with Gasteiger partial charge in [0.05, 0.1) is 22.6 Å². The number of nitrogens with one attached hydrogen (secondary N) is 2. The molecule has 0 spiro atoms. The van der Waals surface area contributed by atoms with Crippen LogP contribution in [-0.2, 0) is 4.79 Å². The highest BCUT2D eigenvalue weighted by atomic mass is 16.3. The Bertz CT molecular complexity index is 1090. The van der Waals surface area contributed by atoms with Gasteiger partial charge in [0.15, 0.2) is 0 Å². The minimum atomic E-state index is -0.821. The number of fused-ring (bicyclic) bond motifs is 1. The molecule has 3 aromatic rings. The van der Waals surface area contributed by atoms with E-state index in [1.165, 1.54) is 6.08 Å². The lowest BCUT2D eigenvalue weighted by molar-refractivity contribution is -0.111. The second-order valence-electron chi connectivity index (χ2n) is 7.88. The summed E-state index contributed by atoms with van der Waals surface area (Å²) in [7, 11) is 2.12. The number of pyridine rings is 2. The van der Waals surface area contributed by atoms with Crippen molar-refractivity contribution in [1.82, 2.24) is 20.2 Å². The van der Waals surface area contributed by atoms with Crippen molar-refractivity contribution in [1.29, 1.82) is 0 Å². The van der Waals surface area contributed by atoms with Crippen LogP contribution in [0.1, 0.15) is 24.8 Å². The smallest absolute Gasteiger partial charge is 0.247 e. The quantitative estimate of drug-likeness (QED) is 0.422. The van der Waals surface area contributed by atoms with E-state index in [1.54, 1.807) is 12.3 Å². The van der Waals surface area contributed by atoms with Gasteiger partial charge in [-0.05, 0) is 69.4 Å². The van der Waals surface area contributed by atoms with Crippen LogP contribution >= 0.6 is 0 Å². The van der Waals surface area contributed by atoms with Gasteiger partial charge < -0.3 is 15.3 Å². The lowest BCUT2D eigenvalue weighted by Crippen LogP contribution is -2.42. The number of hydrogen-bond acceptors (Lipinski definition) is 6. The molecule has 0 bridgehead atoms. The molecule has 1 atom stereocenters. The number of amides is 1. The highest BCUT2D eigenvalue weighted by Gasteiger charge is 2.20. The predicted molar refractivity (Wildman–Crippen MR) is 122 cm³/mol. The zero-order valence-corrected chi connectivity index (χ0v) is 17.6. The molecule has 1 aliphatic rings. The van der Waals surface area contributed by atoms with Crippen molar-refractivity contribution in [3.8, 4) is 11.3 Å². The molecule has 1 fully saturated rings. The summed E-state index contributed by atoms with van der Waals surface area (Å²) < 4.78 is 0. The summed E-state index contributed by atoms with van der Waals surface area (Å²) >= 11 is 0. The molecule has 4 rings (SSSR count). The minimum absolute atomic E-state index is 0.277. The van der Waals surface area contributed by atoms with Gasteiger partial charge in [0.2, 0.25) is 5.91 Å². The van der Waals surface area contributed by atoms with Crippen LogP contribution in [-0.4, -0.2) is 52.1 Å². The van der Waals surface area contributed by atoms with Crippen molar-refractivity contribution in [2.75, 3.05) is 25.5 Å². The zero-order valence-electron chi connectivity index (χ0n) is 17.6. The fourth-order valence-electron chi connectivity index (χ4n) is 3.85. The number of carbonyl (C=O) groups excluding carboxylic acids is 1. The van der Waals surface area contributed by atoms with Crippen molar-refractivity contribution in [2.45, 2.75) is 25.1 Å². The Kier molecular flexibility index (Phi) is 6.36. The SMILES string of the molecule is C=CC(=O)Nc1ccnc2ccc(-c3cccc(C(O)NC4CCN(C)CC4)n3)cc12. The summed E-state index contributed by atoms with van der Waals surface area (Å²) in [6.07, 6.45) is 4.08. The summed E-state index contributed by atoms with van der Waals surface area (Å²) in [5.74, 6) is -0.277. The Morgan fingerprint density at radius 1 is 1.26 bits per heavy atom. The van der Waals surface area contributed by atoms with Gasteiger partial charge in [0.1, 0.15) is 6.23 Å². The zero-order chi connectivity index (χ0) is 21.8. The Labute approximate surface area is 181 Å². The van der Waals surface area contributed by atoms with E-state index in [1.807, 2.05) is 36.4 Å². The number of nitrogens with zero attached hydrogens (tertiary/aromatic N) is 3. The molecule has 31 heavy (non-hydrogen) atoms. The number of rotatable bonds is 6. The van der Waals surface area contributed by atoms with Crippen LogP contribution in [0.5, 0.6) is 0 Å². The van der Waals surface area contributed by atoms with Crippen LogP contribution in [0, 0.1) is 0 Å². The van der Waals surface area contributed by atoms with Crippen LogP contribution in [0.4, 0.5) is 5.69 Å². The summed E-state index contributed by atoms with van der Waals surface area (Å²) in [6, 6.07) is 13.5. The Morgan fingerprint density at radius 2 is 2.06 bits per heavy atom. The lowest BCUT2D eigenvalue weighted by Gasteiger charge is -2.31.